The summed E-state index contributed by atoms with van der Waals surface area (Å²) in [4.78, 5) is 75.5. The number of amides is 4. The third kappa shape index (κ3) is 17.1. The molecule has 74 heavy (non-hydrogen) atoms. The van der Waals surface area contributed by atoms with Crippen molar-refractivity contribution in [1.29, 1.82) is 0 Å². The minimum absolute atomic E-state index is 0.0250. The second-order valence-electron chi connectivity index (χ2n) is 20.7. The second kappa shape index (κ2) is 28.7. The number of hydrogen-bond acceptors (Lipinski definition) is 11. The lowest BCUT2D eigenvalue weighted by molar-refractivity contribution is -0.135. The van der Waals surface area contributed by atoms with E-state index >= 15 is 0 Å². The Morgan fingerprint density at radius 3 is 2.12 bits per heavy atom. The first-order valence-electron chi connectivity index (χ1n) is 26.9. The number of aliphatic hydroxyl groups excluding tert-OH is 1. The molecular formula is C58H83N9O7. The summed E-state index contributed by atoms with van der Waals surface area (Å²) in [6.07, 6.45) is 4.58. The molecule has 2 fully saturated rings. The van der Waals surface area contributed by atoms with Crippen LogP contribution in [0.5, 0.6) is 0 Å². The Morgan fingerprint density at radius 1 is 0.811 bits per heavy atom. The first-order chi connectivity index (χ1) is 35.6. The Hall–Kier alpha value is -5.91. The number of carbonyl (C=O) groups excluding carboxylic acids is 4. The lowest BCUT2D eigenvalue weighted by atomic mass is 9.94. The molecule has 1 unspecified atom stereocenters. The van der Waals surface area contributed by atoms with E-state index in [-0.39, 0.29) is 35.7 Å². The van der Waals surface area contributed by atoms with Crippen LogP contribution in [0.25, 0.3) is 11.1 Å². The highest BCUT2D eigenvalue weighted by Gasteiger charge is 2.29. The Morgan fingerprint density at radius 2 is 1.47 bits per heavy atom. The Labute approximate surface area is 438 Å². The molecular weight excluding hydrogens is 935 g/mol. The molecule has 6 rings (SSSR count). The van der Waals surface area contributed by atoms with Crippen molar-refractivity contribution in [3.05, 3.63) is 122 Å². The molecule has 0 saturated carbocycles. The molecule has 0 radical (unpaired) electrons. The normalized spacial score (nSPS) is 15.8. The van der Waals surface area contributed by atoms with E-state index in [4.69, 9.17) is 10.5 Å². The van der Waals surface area contributed by atoms with E-state index in [0.717, 1.165) is 117 Å². The minimum atomic E-state index is -1.44. The van der Waals surface area contributed by atoms with Crippen LogP contribution in [-0.2, 0) is 38.6 Å². The second-order valence-corrected chi connectivity index (χ2v) is 20.7. The topological polar surface area (TPSA) is 214 Å². The first kappa shape index (κ1) is 57.4. The van der Waals surface area contributed by atoms with Crippen LogP contribution in [0.2, 0.25) is 0 Å². The molecule has 402 valence electrons. The fraction of sp³-hybridized carbons (Fsp3) is 0.534. The SMILES string of the molecule is CCN(c1cc(-c2ccc(CN3CCN(CC(=O)NCCCCCCNC(=O)[C@H](CC(C)C)NC(=O)[C@@H](O)C(N)Cc4ccccc4)CC3)cc2)cc(C(=O)NCc2c(C)cc(C)[nH]c2=O)c1C)C1CCOCC1. The summed E-state index contributed by atoms with van der Waals surface area (Å²) in [5.41, 5.74) is 14.8. The van der Waals surface area contributed by atoms with E-state index < -0.39 is 24.1 Å². The van der Waals surface area contributed by atoms with Gasteiger partial charge in [-0.2, -0.15) is 0 Å². The first-order valence-corrected chi connectivity index (χ1v) is 26.9. The number of hydrogen-bond donors (Lipinski definition) is 7. The van der Waals surface area contributed by atoms with Gasteiger partial charge in [-0.15, -0.1) is 0 Å². The number of aromatic amines is 1. The number of benzene rings is 3. The number of aromatic nitrogens is 1. The van der Waals surface area contributed by atoms with Crippen molar-refractivity contribution >= 4 is 29.3 Å². The molecule has 4 amide bonds. The molecule has 1 aromatic heterocycles. The number of anilines is 1. The summed E-state index contributed by atoms with van der Waals surface area (Å²) < 4.78 is 5.70. The van der Waals surface area contributed by atoms with E-state index in [0.29, 0.717) is 62.9 Å². The average Bonchev–Trinajstić information content (AvgIpc) is 3.38. The number of pyridine rings is 1. The molecule has 3 aromatic carbocycles. The van der Waals surface area contributed by atoms with Crippen LogP contribution >= 0.6 is 0 Å². The smallest absolute Gasteiger partial charge is 0.253 e. The molecule has 16 heteroatoms. The van der Waals surface area contributed by atoms with E-state index in [1.54, 1.807) is 0 Å². The molecule has 0 spiro atoms. The predicted molar refractivity (Wildman–Crippen MR) is 293 cm³/mol. The molecule has 4 aromatic rings. The van der Waals surface area contributed by atoms with Gasteiger partial charge in [-0.05, 0) is 124 Å². The number of aliphatic hydroxyl groups is 1. The predicted octanol–water partition coefficient (Wildman–Crippen LogP) is 5.27. The number of piperazine rings is 1. The standard InChI is InChI=1S/C58H83N9O7/c1-7-67(47-21-29-74-30-22-47)52-35-46(34-48(42(52)6)55(70)62-36-49-40(4)32-41(5)63-56(49)71)45-19-17-44(18-20-45)37-65-25-27-66(28-26-65)38-53(68)60-23-13-8-9-14-24-61-57(72)51(31-39(2)3)64-58(73)54(69)50(59)33-43-15-11-10-12-16-43/h10-12,15-20,32,34-35,39,47,50-51,54,69H,7-9,13-14,21-31,33,36-38,59H2,1-6H3,(H,60,68)(H,61,72)(H,62,70)(H,63,71)(H,64,73)/t50?,51-,54-/m0/s1. The number of nitrogens with one attached hydrogen (secondary N) is 5. The number of rotatable bonds is 26. The highest BCUT2D eigenvalue weighted by Crippen LogP contribution is 2.34. The summed E-state index contributed by atoms with van der Waals surface area (Å²) in [6, 6.07) is 22.9. The van der Waals surface area contributed by atoms with Crippen molar-refractivity contribution in [2.24, 2.45) is 11.7 Å². The number of ether oxygens (including phenoxy) is 1. The molecule has 0 aliphatic carbocycles. The van der Waals surface area contributed by atoms with Crippen LogP contribution < -0.4 is 37.5 Å². The van der Waals surface area contributed by atoms with Crippen molar-refractivity contribution in [3.8, 4) is 11.1 Å². The van der Waals surface area contributed by atoms with Crippen molar-refractivity contribution in [2.45, 2.75) is 130 Å². The lowest BCUT2D eigenvalue weighted by Gasteiger charge is -2.37. The number of carbonyl (C=O) groups is 4. The van der Waals surface area contributed by atoms with Crippen LogP contribution in [0.4, 0.5) is 5.69 Å². The largest absolute Gasteiger partial charge is 0.382 e. The van der Waals surface area contributed by atoms with E-state index in [1.165, 1.54) is 5.56 Å². The summed E-state index contributed by atoms with van der Waals surface area (Å²) >= 11 is 0. The van der Waals surface area contributed by atoms with Gasteiger partial charge < -0.3 is 46.7 Å². The van der Waals surface area contributed by atoms with Crippen molar-refractivity contribution in [1.82, 2.24) is 36.1 Å². The number of unbranched alkanes of at least 4 members (excludes halogenated alkanes) is 3. The maximum atomic E-state index is 14.0. The number of nitrogens with two attached hydrogens (primary N) is 1. The molecule has 2 aliphatic rings. The molecule has 16 nitrogen and oxygen atoms in total. The summed E-state index contributed by atoms with van der Waals surface area (Å²) in [5.74, 6) is -0.970. The van der Waals surface area contributed by atoms with E-state index in [1.807, 2.05) is 77.1 Å². The lowest BCUT2D eigenvalue weighted by Crippen LogP contribution is -2.54. The maximum absolute atomic E-state index is 14.0. The van der Waals surface area contributed by atoms with Crippen molar-refractivity contribution in [2.75, 3.05) is 70.5 Å². The summed E-state index contributed by atoms with van der Waals surface area (Å²) in [5, 5.41) is 22.4. The Balaban J connectivity index is 0.910. The van der Waals surface area contributed by atoms with Gasteiger partial charge in [0.1, 0.15) is 12.1 Å². The zero-order valence-corrected chi connectivity index (χ0v) is 44.8. The monoisotopic (exact) mass is 1020 g/mol. The van der Waals surface area contributed by atoms with Gasteiger partial charge in [0.25, 0.3) is 17.4 Å². The van der Waals surface area contributed by atoms with Crippen LogP contribution in [0.3, 0.4) is 0 Å². The zero-order chi connectivity index (χ0) is 53.1. The zero-order valence-electron chi connectivity index (χ0n) is 44.8. The van der Waals surface area contributed by atoms with Crippen LogP contribution in [0, 0.1) is 26.7 Å². The van der Waals surface area contributed by atoms with Gasteiger partial charge in [0, 0.05) is 107 Å². The average molecular weight is 1020 g/mol. The fourth-order valence-electron chi connectivity index (χ4n) is 10.1. The van der Waals surface area contributed by atoms with Gasteiger partial charge in [0.05, 0.1) is 6.54 Å². The van der Waals surface area contributed by atoms with E-state index in [9.17, 15) is 29.1 Å². The number of H-pyrrole nitrogens is 1. The van der Waals surface area contributed by atoms with Gasteiger partial charge in [-0.25, -0.2) is 0 Å². The maximum Gasteiger partial charge on any atom is 0.253 e. The van der Waals surface area contributed by atoms with Gasteiger partial charge in [0.15, 0.2) is 0 Å². The minimum Gasteiger partial charge on any atom is -0.382 e. The van der Waals surface area contributed by atoms with Crippen molar-refractivity contribution < 1.29 is 29.0 Å². The Bertz CT molecular complexity index is 2500. The molecule has 2 aliphatic heterocycles. The number of nitrogens with zero attached hydrogens (tertiary/aromatic N) is 3. The van der Waals surface area contributed by atoms with Crippen LogP contribution in [-0.4, -0.2) is 133 Å². The van der Waals surface area contributed by atoms with Crippen LogP contribution in [0.1, 0.15) is 110 Å². The summed E-state index contributed by atoms with van der Waals surface area (Å²) in [7, 11) is 0. The summed E-state index contributed by atoms with van der Waals surface area (Å²) in [6.45, 7) is 19.8. The van der Waals surface area contributed by atoms with E-state index in [2.05, 4.69) is 78.2 Å². The molecule has 8 N–H and O–H groups in total. The third-order valence-electron chi connectivity index (χ3n) is 14.4. The highest BCUT2D eigenvalue weighted by atomic mass is 16.5. The van der Waals surface area contributed by atoms with Gasteiger partial charge in [-0.3, -0.25) is 33.8 Å². The van der Waals surface area contributed by atoms with Gasteiger partial charge in [-0.1, -0.05) is 81.3 Å². The quantitative estimate of drug-likeness (QED) is 0.0403. The highest BCUT2D eigenvalue weighted by molar-refractivity contribution is 5.99. The van der Waals surface area contributed by atoms with Crippen molar-refractivity contribution in [3.63, 3.8) is 0 Å². The Kier molecular flexibility index (Phi) is 22.2. The third-order valence-corrected chi connectivity index (χ3v) is 14.4. The van der Waals surface area contributed by atoms with Gasteiger partial charge in [0.2, 0.25) is 11.8 Å². The number of aryl methyl sites for hydroxylation is 2. The van der Waals surface area contributed by atoms with Crippen LogP contribution in [0.15, 0.2) is 77.6 Å². The molecule has 3 heterocycles. The molecule has 2 saturated heterocycles. The molecule has 0 bridgehead atoms. The molecule has 3 atom stereocenters. The fourth-order valence-corrected chi connectivity index (χ4v) is 10.1. The van der Waals surface area contributed by atoms with Gasteiger partial charge >= 0.3 is 0 Å².